The van der Waals surface area contributed by atoms with E-state index < -0.39 is 0 Å². The van der Waals surface area contributed by atoms with Gasteiger partial charge in [-0.2, -0.15) is 0 Å². The van der Waals surface area contributed by atoms with E-state index in [4.69, 9.17) is 16.3 Å². The summed E-state index contributed by atoms with van der Waals surface area (Å²) in [5, 5.41) is 0.643. The van der Waals surface area contributed by atoms with Gasteiger partial charge < -0.3 is 19.6 Å². The summed E-state index contributed by atoms with van der Waals surface area (Å²) in [4.78, 5) is 36.5. The Balaban J connectivity index is 1.47. The molecule has 4 rings (SSSR count). The van der Waals surface area contributed by atoms with Gasteiger partial charge >= 0.3 is 0 Å². The number of hydrogen-bond acceptors (Lipinski definition) is 6. The van der Waals surface area contributed by atoms with Crippen LogP contribution >= 0.6 is 23.4 Å². The average Bonchev–Trinajstić information content (AvgIpc) is 3.01. The van der Waals surface area contributed by atoms with Crippen molar-refractivity contribution in [2.24, 2.45) is 5.41 Å². The van der Waals surface area contributed by atoms with Crippen LogP contribution in [0.25, 0.3) is 0 Å². The summed E-state index contributed by atoms with van der Waals surface area (Å²) in [6.45, 7) is 4.55. The van der Waals surface area contributed by atoms with Gasteiger partial charge in [-0.3, -0.25) is 9.59 Å². The lowest BCUT2D eigenvalue weighted by molar-refractivity contribution is 0.0975. The van der Waals surface area contributed by atoms with Crippen LogP contribution in [-0.2, 0) is 4.74 Å². The third-order valence-electron chi connectivity index (χ3n) is 5.35. The lowest BCUT2D eigenvalue weighted by Gasteiger charge is -2.38. The number of H-pyrrole nitrogens is 2. The van der Waals surface area contributed by atoms with E-state index in [1.54, 1.807) is 12.3 Å². The van der Waals surface area contributed by atoms with Crippen molar-refractivity contribution >= 4 is 29.2 Å². The summed E-state index contributed by atoms with van der Waals surface area (Å²) in [6.07, 6.45) is 6.58. The normalized spacial score (nSPS) is 21.7. The van der Waals surface area contributed by atoms with Gasteiger partial charge in [-0.25, -0.2) is 4.98 Å². The lowest BCUT2D eigenvalue weighted by Crippen LogP contribution is -2.43. The van der Waals surface area contributed by atoms with Crippen LogP contribution in [0, 0.1) is 5.41 Å². The first-order valence-corrected chi connectivity index (χ1v) is 10.2. The molecule has 7 nitrogen and oxygen atoms in total. The molecule has 27 heavy (non-hydrogen) atoms. The van der Waals surface area contributed by atoms with Crippen molar-refractivity contribution in [1.82, 2.24) is 15.0 Å². The minimum atomic E-state index is -0.360. The van der Waals surface area contributed by atoms with E-state index in [9.17, 15) is 9.59 Å². The van der Waals surface area contributed by atoms with Crippen molar-refractivity contribution < 1.29 is 4.74 Å². The van der Waals surface area contributed by atoms with Gasteiger partial charge in [0.25, 0.3) is 11.1 Å². The van der Waals surface area contributed by atoms with Gasteiger partial charge in [-0.1, -0.05) is 23.4 Å². The van der Waals surface area contributed by atoms with Crippen molar-refractivity contribution in [3.8, 4) is 0 Å². The highest BCUT2D eigenvalue weighted by atomic mass is 35.5. The van der Waals surface area contributed by atoms with Crippen LogP contribution < -0.4 is 16.0 Å². The molecule has 1 atom stereocenters. The van der Waals surface area contributed by atoms with Crippen molar-refractivity contribution in [1.29, 1.82) is 0 Å². The Morgan fingerprint density at radius 1 is 1.33 bits per heavy atom. The number of anilines is 1. The molecule has 2 N–H and O–H groups in total. The van der Waals surface area contributed by atoms with Crippen LogP contribution in [0.5, 0.6) is 0 Å². The molecule has 1 spiro atoms. The molecule has 2 aromatic rings. The van der Waals surface area contributed by atoms with Gasteiger partial charge in [-0.05, 0) is 37.7 Å². The van der Waals surface area contributed by atoms with Crippen LogP contribution in [-0.4, -0.2) is 40.8 Å². The second-order valence-corrected chi connectivity index (χ2v) is 8.76. The maximum atomic E-state index is 12.5. The Morgan fingerprint density at radius 2 is 2.11 bits per heavy atom. The Hall–Kier alpha value is -1.77. The van der Waals surface area contributed by atoms with E-state index in [1.807, 2.05) is 4.90 Å². The number of piperidine rings is 1. The number of aromatic nitrogens is 3. The molecule has 2 saturated heterocycles. The molecule has 2 fully saturated rings. The Bertz CT molecular complexity index is 952. The quantitative estimate of drug-likeness (QED) is 0.811. The fourth-order valence-corrected chi connectivity index (χ4v) is 4.92. The number of nitrogens with one attached hydrogen (secondary N) is 2. The van der Waals surface area contributed by atoms with Gasteiger partial charge in [0.15, 0.2) is 5.82 Å². The molecule has 9 heteroatoms. The van der Waals surface area contributed by atoms with Gasteiger partial charge in [0, 0.05) is 24.2 Å². The summed E-state index contributed by atoms with van der Waals surface area (Å²) >= 11 is 7.22. The summed E-state index contributed by atoms with van der Waals surface area (Å²) in [5.74, 6) is 0.443. The van der Waals surface area contributed by atoms with Gasteiger partial charge in [-0.15, -0.1) is 0 Å². The molecule has 144 valence electrons. The fourth-order valence-electron chi connectivity index (χ4n) is 3.88. The molecule has 0 saturated carbocycles. The minimum Gasteiger partial charge on any atom is -0.378 e. The number of hydrogen-bond donors (Lipinski definition) is 2. The highest BCUT2D eigenvalue weighted by molar-refractivity contribution is 7.99. The van der Waals surface area contributed by atoms with E-state index in [1.165, 1.54) is 18.0 Å². The van der Waals surface area contributed by atoms with Crippen LogP contribution in [0.1, 0.15) is 26.2 Å². The highest BCUT2D eigenvalue weighted by Crippen LogP contribution is 2.42. The first-order chi connectivity index (χ1) is 13.0. The monoisotopic (exact) mass is 408 g/mol. The number of nitrogens with zero attached hydrogens (tertiary/aromatic N) is 2. The number of rotatable bonds is 3. The average molecular weight is 409 g/mol. The predicted molar refractivity (Wildman–Crippen MR) is 105 cm³/mol. The Morgan fingerprint density at radius 3 is 2.78 bits per heavy atom. The lowest BCUT2D eigenvalue weighted by atomic mass is 9.77. The molecule has 0 radical (unpaired) electrons. The largest absolute Gasteiger partial charge is 0.378 e. The maximum absolute atomic E-state index is 12.5. The minimum absolute atomic E-state index is 0.0989. The highest BCUT2D eigenvalue weighted by Gasteiger charge is 2.41. The number of aromatic amines is 2. The SMILES string of the molecule is C[C@H]1CC2(CCN(c3ncc(Sc4cc[nH]c(=O)c4Cl)[nH]c3=O)CC2)CO1. The van der Waals surface area contributed by atoms with E-state index in [0.29, 0.717) is 21.8 Å². The molecule has 0 amide bonds. The second kappa shape index (κ2) is 7.33. The van der Waals surface area contributed by atoms with E-state index in [-0.39, 0.29) is 21.6 Å². The number of halogens is 1. The summed E-state index contributed by atoms with van der Waals surface area (Å²) in [6, 6.07) is 1.69. The molecule has 0 aromatic carbocycles. The first-order valence-electron chi connectivity index (χ1n) is 8.97. The Labute approximate surface area is 165 Å². The summed E-state index contributed by atoms with van der Waals surface area (Å²) < 4.78 is 5.76. The maximum Gasteiger partial charge on any atom is 0.291 e. The molecular formula is C18H21ClN4O3S. The van der Waals surface area contributed by atoms with Crippen LogP contribution in [0.3, 0.4) is 0 Å². The number of pyridine rings is 1. The Kier molecular flexibility index (Phi) is 5.05. The zero-order chi connectivity index (χ0) is 19.0. The van der Waals surface area contributed by atoms with E-state index in [0.717, 1.165) is 39.0 Å². The standard InChI is InChI=1S/C18H21ClN4O3S/c1-11-8-18(10-26-11)3-6-23(7-4-18)15-17(25)22-13(9-21-15)27-12-2-5-20-16(24)14(12)19/h2,5,9,11H,3-4,6-8,10H2,1H3,(H,20,24)(H,22,25)/t11-/m0/s1. The van der Waals surface area contributed by atoms with Crippen molar-refractivity contribution in [3.05, 3.63) is 44.2 Å². The van der Waals surface area contributed by atoms with Gasteiger partial charge in [0.1, 0.15) is 5.02 Å². The third kappa shape index (κ3) is 3.79. The predicted octanol–water partition coefficient (Wildman–Crippen LogP) is 2.66. The van der Waals surface area contributed by atoms with Gasteiger partial charge in [0.05, 0.1) is 23.9 Å². The zero-order valence-electron chi connectivity index (χ0n) is 15.0. The third-order valence-corrected chi connectivity index (χ3v) is 6.82. The van der Waals surface area contributed by atoms with E-state index >= 15 is 0 Å². The molecule has 0 bridgehead atoms. The van der Waals surface area contributed by atoms with Crippen LogP contribution in [0.4, 0.5) is 5.82 Å². The molecular weight excluding hydrogens is 388 g/mol. The first kappa shape index (κ1) is 18.6. The number of ether oxygens (including phenoxy) is 1. The molecule has 4 heterocycles. The topological polar surface area (TPSA) is 91.1 Å². The van der Waals surface area contributed by atoms with Crippen molar-refractivity contribution in [2.75, 3.05) is 24.6 Å². The van der Waals surface area contributed by atoms with Crippen LogP contribution in [0.2, 0.25) is 5.02 Å². The second-order valence-electron chi connectivity index (χ2n) is 7.30. The van der Waals surface area contributed by atoms with Crippen molar-refractivity contribution in [2.45, 2.75) is 42.2 Å². The van der Waals surface area contributed by atoms with E-state index in [2.05, 4.69) is 21.9 Å². The zero-order valence-corrected chi connectivity index (χ0v) is 16.5. The molecule has 2 aromatic heterocycles. The molecule has 2 aliphatic heterocycles. The molecule has 0 unspecified atom stereocenters. The molecule has 0 aliphatic carbocycles. The summed E-state index contributed by atoms with van der Waals surface area (Å²) in [5.41, 5.74) is -0.329. The van der Waals surface area contributed by atoms with Gasteiger partial charge in [0.2, 0.25) is 0 Å². The molecule has 2 aliphatic rings. The smallest absolute Gasteiger partial charge is 0.291 e. The van der Waals surface area contributed by atoms with Crippen molar-refractivity contribution in [3.63, 3.8) is 0 Å². The van der Waals surface area contributed by atoms with Crippen LogP contribution in [0.15, 0.2) is 38.0 Å². The summed E-state index contributed by atoms with van der Waals surface area (Å²) in [7, 11) is 0. The fraction of sp³-hybridized carbons (Fsp3) is 0.500.